The molecule has 88 valence electrons. The van der Waals surface area contributed by atoms with Crippen LogP contribution in [0.5, 0.6) is 0 Å². The molecule has 0 aliphatic heterocycles. The average Bonchev–Trinajstić information content (AvgIpc) is 2.26. The van der Waals surface area contributed by atoms with Crippen molar-refractivity contribution in [2.24, 2.45) is 5.73 Å². The van der Waals surface area contributed by atoms with E-state index in [0.717, 1.165) is 24.4 Å². The third kappa shape index (κ3) is 4.21. The summed E-state index contributed by atoms with van der Waals surface area (Å²) in [6, 6.07) is 7.46. The van der Waals surface area contributed by atoms with Gasteiger partial charge >= 0.3 is 0 Å². The van der Waals surface area contributed by atoms with Gasteiger partial charge < -0.3 is 11.1 Å². The zero-order valence-electron chi connectivity index (χ0n) is 9.37. The number of rotatable bonds is 6. The lowest BCUT2D eigenvalue weighted by Gasteiger charge is -2.12. The Kier molecular flexibility index (Phi) is 5.29. The Morgan fingerprint density at radius 2 is 2.06 bits per heavy atom. The third-order valence-electron chi connectivity index (χ3n) is 2.47. The molecule has 1 atom stereocenters. The van der Waals surface area contributed by atoms with Gasteiger partial charge in [-0.3, -0.25) is 4.79 Å². The highest BCUT2D eigenvalue weighted by atomic mass is 35.5. The van der Waals surface area contributed by atoms with Crippen LogP contribution in [0.25, 0.3) is 0 Å². The van der Waals surface area contributed by atoms with Crippen LogP contribution in [0.2, 0.25) is 5.02 Å². The maximum absolute atomic E-state index is 11.0. The molecule has 3 N–H and O–H groups in total. The van der Waals surface area contributed by atoms with Crippen LogP contribution in [-0.2, 0) is 11.2 Å². The summed E-state index contributed by atoms with van der Waals surface area (Å²) in [5.41, 5.74) is 6.42. The number of carbonyl (C=O) groups excluding carboxylic acids is 1. The molecule has 1 amide bonds. The summed E-state index contributed by atoms with van der Waals surface area (Å²) in [6.07, 6.45) is 1.58. The van der Waals surface area contributed by atoms with Crippen LogP contribution in [0.4, 0.5) is 0 Å². The summed E-state index contributed by atoms with van der Waals surface area (Å²) in [6.45, 7) is 2.67. The Hall–Kier alpha value is -1.06. The molecule has 0 bridgehead atoms. The van der Waals surface area contributed by atoms with Gasteiger partial charge in [-0.1, -0.05) is 30.7 Å². The minimum atomic E-state index is -0.293. The third-order valence-corrected chi connectivity index (χ3v) is 2.72. The average molecular weight is 241 g/mol. The number of amides is 1. The second-order valence-corrected chi connectivity index (χ2v) is 4.13. The van der Waals surface area contributed by atoms with E-state index in [0.29, 0.717) is 0 Å². The highest BCUT2D eigenvalue weighted by molar-refractivity contribution is 6.30. The second kappa shape index (κ2) is 6.51. The monoisotopic (exact) mass is 240 g/mol. The van der Waals surface area contributed by atoms with E-state index in [1.807, 2.05) is 31.2 Å². The lowest BCUT2D eigenvalue weighted by atomic mass is 10.1. The van der Waals surface area contributed by atoms with Gasteiger partial charge in [-0.05, 0) is 37.1 Å². The maximum Gasteiger partial charge on any atom is 0.234 e. The van der Waals surface area contributed by atoms with Crippen LogP contribution >= 0.6 is 11.6 Å². The molecule has 4 heteroatoms. The molecule has 0 saturated heterocycles. The van der Waals surface area contributed by atoms with E-state index >= 15 is 0 Å². The number of primary amides is 1. The number of halogens is 1. The Bertz CT molecular complexity index is 337. The number of benzene rings is 1. The first-order valence-electron chi connectivity index (χ1n) is 5.40. The molecule has 1 rings (SSSR count). The van der Waals surface area contributed by atoms with Crippen molar-refractivity contribution in [3.05, 3.63) is 34.9 Å². The molecule has 0 spiro atoms. The fraction of sp³-hybridized carbons (Fsp3) is 0.417. The van der Waals surface area contributed by atoms with Gasteiger partial charge in [-0.25, -0.2) is 0 Å². The predicted molar refractivity (Wildman–Crippen MR) is 66.4 cm³/mol. The van der Waals surface area contributed by atoms with Crippen LogP contribution in [-0.4, -0.2) is 18.5 Å². The maximum atomic E-state index is 11.0. The summed E-state index contributed by atoms with van der Waals surface area (Å²) < 4.78 is 0. The molecular weight excluding hydrogens is 224 g/mol. The number of hydrogen-bond acceptors (Lipinski definition) is 2. The molecule has 0 radical (unpaired) electrons. The predicted octanol–water partition coefficient (Wildman–Crippen LogP) is 1.74. The number of nitrogens with one attached hydrogen (secondary N) is 1. The van der Waals surface area contributed by atoms with Crippen LogP contribution in [0.3, 0.4) is 0 Å². The van der Waals surface area contributed by atoms with Crippen molar-refractivity contribution < 1.29 is 4.79 Å². The quantitative estimate of drug-likeness (QED) is 0.796. The van der Waals surface area contributed by atoms with Gasteiger partial charge in [0.2, 0.25) is 5.91 Å². The SMILES string of the molecule is CCC(NCCc1ccc(Cl)cc1)C(N)=O. The van der Waals surface area contributed by atoms with Gasteiger partial charge in [0, 0.05) is 5.02 Å². The van der Waals surface area contributed by atoms with Crippen molar-refractivity contribution in [3.8, 4) is 0 Å². The van der Waals surface area contributed by atoms with E-state index in [2.05, 4.69) is 5.32 Å². The van der Waals surface area contributed by atoms with Crippen LogP contribution in [0.1, 0.15) is 18.9 Å². The summed E-state index contributed by atoms with van der Waals surface area (Å²) >= 11 is 5.78. The normalized spacial score (nSPS) is 12.4. The van der Waals surface area contributed by atoms with E-state index in [9.17, 15) is 4.79 Å². The number of hydrogen-bond donors (Lipinski definition) is 2. The lowest BCUT2D eigenvalue weighted by molar-refractivity contribution is -0.120. The number of carbonyl (C=O) groups is 1. The van der Waals surface area contributed by atoms with Gasteiger partial charge in [0.15, 0.2) is 0 Å². The van der Waals surface area contributed by atoms with Crippen LogP contribution < -0.4 is 11.1 Å². The molecule has 1 unspecified atom stereocenters. The Morgan fingerprint density at radius 3 is 2.56 bits per heavy atom. The minimum absolute atomic E-state index is 0.229. The number of nitrogens with two attached hydrogens (primary N) is 1. The molecule has 1 aromatic rings. The fourth-order valence-electron chi connectivity index (χ4n) is 1.49. The second-order valence-electron chi connectivity index (χ2n) is 3.69. The molecule has 0 fully saturated rings. The molecule has 1 aromatic carbocycles. The zero-order chi connectivity index (χ0) is 12.0. The summed E-state index contributed by atoms with van der Waals surface area (Å²) in [7, 11) is 0. The fourth-order valence-corrected chi connectivity index (χ4v) is 1.61. The summed E-state index contributed by atoms with van der Waals surface area (Å²) in [5.74, 6) is -0.293. The largest absolute Gasteiger partial charge is 0.368 e. The molecule has 0 aliphatic carbocycles. The van der Waals surface area contributed by atoms with Gasteiger partial charge in [-0.15, -0.1) is 0 Å². The van der Waals surface area contributed by atoms with Gasteiger partial charge in [0.1, 0.15) is 0 Å². The van der Waals surface area contributed by atoms with Gasteiger partial charge in [0.05, 0.1) is 6.04 Å². The van der Waals surface area contributed by atoms with E-state index < -0.39 is 0 Å². The van der Waals surface area contributed by atoms with Crippen molar-refractivity contribution >= 4 is 17.5 Å². The van der Waals surface area contributed by atoms with Crippen molar-refractivity contribution in [1.82, 2.24) is 5.32 Å². The first-order valence-corrected chi connectivity index (χ1v) is 5.78. The molecule has 0 aromatic heterocycles. The molecule has 0 saturated carbocycles. The Morgan fingerprint density at radius 1 is 1.44 bits per heavy atom. The smallest absolute Gasteiger partial charge is 0.234 e. The first-order chi connectivity index (χ1) is 7.63. The summed E-state index contributed by atoms with van der Waals surface area (Å²) in [5, 5.41) is 3.86. The topological polar surface area (TPSA) is 55.1 Å². The highest BCUT2D eigenvalue weighted by Crippen LogP contribution is 2.09. The molecule has 3 nitrogen and oxygen atoms in total. The van der Waals surface area contributed by atoms with E-state index in [-0.39, 0.29) is 11.9 Å². The van der Waals surface area contributed by atoms with Crippen molar-refractivity contribution in [1.29, 1.82) is 0 Å². The van der Waals surface area contributed by atoms with Crippen molar-refractivity contribution in [2.45, 2.75) is 25.8 Å². The molecule has 0 aliphatic rings. The van der Waals surface area contributed by atoms with E-state index in [1.165, 1.54) is 5.56 Å². The molecule has 16 heavy (non-hydrogen) atoms. The lowest BCUT2D eigenvalue weighted by Crippen LogP contribution is -2.41. The summed E-state index contributed by atoms with van der Waals surface area (Å²) in [4.78, 5) is 11.0. The van der Waals surface area contributed by atoms with Crippen molar-refractivity contribution in [2.75, 3.05) is 6.54 Å². The minimum Gasteiger partial charge on any atom is -0.368 e. The van der Waals surface area contributed by atoms with Gasteiger partial charge in [-0.2, -0.15) is 0 Å². The van der Waals surface area contributed by atoms with E-state index in [1.54, 1.807) is 0 Å². The van der Waals surface area contributed by atoms with Crippen LogP contribution in [0, 0.1) is 0 Å². The standard InChI is InChI=1S/C12H17ClN2O/c1-2-11(12(14)16)15-8-7-9-3-5-10(13)6-4-9/h3-6,11,15H,2,7-8H2,1H3,(H2,14,16). The van der Waals surface area contributed by atoms with Gasteiger partial charge in [0.25, 0.3) is 0 Å². The Labute approximate surface area is 101 Å². The van der Waals surface area contributed by atoms with E-state index in [4.69, 9.17) is 17.3 Å². The molecule has 0 heterocycles. The van der Waals surface area contributed by atoms with Crippen LogP contribution in [0.15, 0.2) is 24.3 Å². The highest BCUT2D eigenvalue weighted by Gasteiger charge is 2.10. The Balaban J connectivity index is 2.35. The zero-order valence-corrected chi connectivity index (χ0v) is 10.1. The molecular formula is C12H17ClN2O. The first kappa shape index (κ1) is 13.0. The van der Waals surface area contributed by atoms with Crippen molar-refractivity contribution in [3.63, 3.8) is 0 Å².